The number of halogens is 3. The number of carbonyl (C=O) groups excluding carboxylic acids is 1. The maximum atomic E-state index is 12.5. The molecule has 0 fully saturated rings. The summed E-state index contributed by atoms with van der Waals surface area (Å²) in [7, 11) is 0. The molecule has 1 amide bonds. The summed E-state index contributed by atoms with van der Waals surface area (Å²) in [4.78, 5) is 11.7. The second-order valence-electron chi connectivity index (χ2n) is 6.57. The largest absolute Gasteiger partial charge is 0.437 e. The summed E-state index contributed by atoms with van der Waals surface area (Å²) in [6.07, 6.45) is 2.26. The van der Waals surface area contributed by atoms with Crippen LogP contribution in [0.5, 0.6) is 0 Å². The van der Waals surface area contributed by atoms with Crippen LogP contribution < -0.4 is 5.32 Å². The van der Waals surface area contributed by atoms with Gasteiger partial charge in [-0.3, -0.25) is 0 Å². The Morgan fingerprint density at radius 3 is 2.12 bits per heavy atom. The van der Waals surface area contributed by atoms with Gasteiger partial charge in [0.2, 0.25) is 0 Å². The summed E-state index contributed by atoms with van der Waals surface area (Å²) in [5.74, 6) is 0. The lowest BCUT2D eigenvalue weighted by atomic mass is 10.0. The monoisotopic (exact) mass is 365 g/mol. The van der Waals surface area contributed by atoms with Gasteiger partial charge in [0.25, 0.3) is 0 Å². The Balaban J connectivity index is 2.45. The van der Waals surface area contributed by atoms with E-state index in [9.17, 15) is 18.0 Å². The van der Waals surface area contributed by atoms with Crippen LogP contribution in [-0.2, 0) is 4.74 Å². The number of hydrogen-bond donors (Lipinski definition) is 1. The molecule has 0 bridgehead atoms. The van der Waals surface area contributed by atoms with Gasteiger partial charge in [-0.1, -0.05) is 38.5 Å². The molecule has 1 N–H and O–H groups in total. The molecule has 25 heavy (non-hydrogen) atoms. The first-order valence-corrected chi connectivity index (χ1v) is 9.26. The lowest BCUT2D eigenvalue weighted by Crippen LogP contribution is -2.40. The van der Waals surface area contributed by atoms with Gasteiger partial charge in [-0.2, -0.15) is 23.4 Å². The summed E-state index contributed by atoms with van der Waals surface area (Å²) in [5, 5.41) is 10.8. The molecule has 1 aliphatic heterocycles. The Morgan fingerprint density at radius 2 is 1.48 bits per heavy atom. The topological polar surface area (TPSA) is 63.0 Å². The minimum absolute atomic E-state index is 0.187. The maximum Gasteiger partial charge on any atom is 0.425 e. The van der Waals surface area contributed by atoms with E-state index in [1.165, 1.54) is 19.3 Å². The van der Waals surface area contributed by atoms with Crippen molar-refractivity contribution in [3.05, 3.63) is 0 Å². The lowest BCUT2D eigenvalue weighted by Gasteiger charge is -2.21. The molecule has 0 aromatic heterocycles. The van der Waals surface area contributed by atoms with Gasteiger partial charge >= 0.3 is 12.3 Å². The predicted octanol–water partition coefficient (Wildman–Crippen LogP) is 5.40. The highest BCUT2D eigenvalue weighted by Crippen LogP contribution is 2.22. The Labute approximate surface area is 147 Å². The molecule has 0 saturated carbocycles. The maximum absolute atomic E-state index is 12.5. The van der Waals surface area contributed by atoms with E-state index in [1.807, 2.05) is 0 Å². The van der Waals surface area contributed by atoms with Crippen LogP contribution in [0.1, 0.15) is 71.1 Å². The van der Waals surface area contributed by atoms with Crippen molar-refractivity contribution in [2.45, 2.75) is 89.5 Å². The van der Waals surface area contributed by atoms with Crippen molar-refractivity contribution >= 4 is 6.09 Å². The Hall–Kier alpha value is -1.34. The first-order chi connectivity index (χ1) is 11.9. The van der Waals surface area contributed by atoms with Crippen molar-refractivity contribution in [1.29, 1.82) is 0 Å². The number of alkyl halides is 3. The van der Waals surface area contributed by atoms with Gasteiger partial charge in [-0.15, -0.1) is 0 Å². The highest BCUT2D eigenvalue weighted by atomic mass is 19.4. The zero-order valence-electron chi connectivity index (χ0n) is 15.0. The molecule has 1 heterocycles. The molecular formula is C17H30F3N3O2. The Morgan fingerprint density at radius 1 is 0.960 bits per heavy atom. The number of hydrogen-bond acceptors (Lipinski definition) is 4. The number of nitrogens with one attached hydrogen (secondary N) is 1. The zero-order chi connectivity index (χ0) is 18.5. The average molecular weight is 365 g/mol. The fourth-order valence-electron chi connectivity index (χ4n) is 2.72. The van der Waals surface area contributed by atoms with Crippen molar-refractivity contribution in [2.24, 2.45) is 10.2 Å². The summed E-state index contributed by atoms with van der Waals surface area (Å²) >= 11 is 0. The van der Waals surface area contributed by atoms with Crippen LogP contribution in [0, 0.1) is 0 Å². The minimum atomic E-state index is -4.54. The van der Waals surface area contributed by atoms with Crippen molar-refractivity contribution in [1.82, 2.24) is 5.32 Å². The SMILES string of the molecule is C[C@@H](OC(=O)NC1CCCCCCCCCN=NCCC1)C(F)(F)F. The fraction of sp³-hybridized carbons (Fsp3) is 0.941. The molecule has 1 aliphatic rings. The number of azo groups is 1. The number of nitrogens with zero attached hydrogens (tertiary/aromatic N) is 2. The van der Waals surface area contributed by atoms with E-state index >= 15 is 0 Å². The van der Waals surface area contributed by atoms with E-state index in [-0.39, 0.29) is 6.04 Å². The second-order valence-corrected chi connectivity index (χ2v) is 6.57. The van der Waals surface area contributed by atoms with E-state index < -0.39 is 18.4 Å². The predicted molar refractivity (Wildman–Crippen MR) is 89.7 cm³/mol. The van der Waals surface area contributed by atoms with Gasteiger partial charge in [0.15, 0.2) is 6.10 Å². The van der Waals surface area contributed by atoms with Gasteiger partial charge in [-0.05, 0) is 32.6 Å². The summed E-state index contributed by atoms with van der Waals surface area (Å²) in [6, 6.07) is -0.187. The van der Waals surface area contributed by atoms with Crippen molar-refractivity contribution in [3.8, 4) is 0 Å². The number of ether oxygens (including phenoxy) is 1. The van der Waals surface area contributed by atoms with E-state index in [4.69, 9.17) is 0 Å². The minimum Gasteiger partial charge on any atom is -0.437 e. The smallest absolute Gasteiger partial charge is 0.425 e. The van der Waals surface area contributed by atoms with Crippen LogP contribution in [-0.4, -0.2) is 37.5 Å². The molecule has 1 unspecified atom stereocenters. The van der Waals surface area contributed by atoms with Gasteiger partial charge in [-0.25, -0.2) is 4.79 Å². The van der Waals surface area contributed by atoms with Crippen LogP contribution in [0.2, 0.25) is 0 Å². The molecule has 0 saturated heterocycles. The molecule has 146 valence electrons. The quantitative estimate of drug-likeness (QED) is 0.712. The summed E-state index contributed by atoms with van der Waals surface area (Å²) in [6.45, 7) is 2.16. The third kappa shape index (κ3) is 11.0. The highest BCUT2D eigenvalue weighted by molar-refractivity contribution is 5.67. The molecular weight excluding hydrogens is 335 g/mol. The molecule has 0 spiro atoms. The third-order valence-electron chi connectivity index (χ3n) is 4.29. The Kier molecular flexibility index (Phi) is 10.5. The third-order valence-corrected chi connectivity index (χ3v) is 4.29. The van der Waals surface area contributed by atoms with Crippen LogP contribution in [0.4, 0.5) is 18.0 Å². The lowest BCUT2D eigenvalue weighted by molar-refractivity contribution is -0.197. The molecule has 0 aromatic rings. The number of rotatable bonds is 2. The Bertz CT molecular complexity index is 403. The van der Waals surface area contributed by atoms with E-state index in [0.29, 0.717) is 13.0 Å². The molecule has 0 radical (unpaired) electrons. The van der Waals surface area contributed by atoms with Gasteiger partial charge < -0.3 is 10.1 Å². The van der Waals surface area contributed by atoms with Gasteiger partial charge in [0.1, 0.15) is 0 Å². The molecule has 5 nitrogen and oxygen atoms in total. The van der Waals surface area contributed by atoms with Crippen LogP contribution in [0.15, 0.2) is 10.2 Å². The molecule has 8 heteroatoms. The number of alkyl carbamates (subject to hydrolysis) is 1. The highest BCUT2D eigenvalue weighted by Gasteiger charge is 2.39. The summed E-state index contributed by atoms with van der Waals surface area (Å²) in [5.41, 5.74) is 0. The molecule has 2 atom stereocenters. The van der Waals surface area contributed by atoms with Crippen molar-refractivity contribution in [3.63, 3.8) is 0 Å². The first-order valence-electron chi connectivity index (χ1n) is 9.26. The number of carbonyl (C=O) groups is 1. The van der Waals surface area contributed by atoms with E-state index in [0.717, 1.165) is 52.0 Å². The van der Waals surface area contributed by atoms with Crippen molar-refractivity contribution in [2.75, 3.05) is 13.1 Å². The van der Waals surface area contributed by atoms with Crippen LogP contribution in [0.3, 0.4) is 0 Å². The normalized spacial score (nSPS) is 23.1. The van der Waals surface area contributed by atoms with E-state index in [2.05, 4.69) is 20.3 Å². The first kappa shape index (κ1) is 21.7. The van der Waals surface area contributed by atoms with Crippen molar-refractivity contribution < 1.29 is 22.7 Å². The molecule has 0 aliphatic carbocycles. The van der Waals surface area contributed by atoms with Crippen LogP contribution in [0.25, 0.3) is 0 Å². The molecule has 0 aromatic carbocycles. The summed E-state index contributed by atoms with van der Waals surface area (Å²) < 4.78 is 41.8. The number of amides is 1. The van der Waals surface area contributed by atoms with Gasteiger partial charge in [0.05, 0.1) is 13.1 Å². The molecule has 1 rings (SSSR count). The van der Waals surface area contributed by atoms with E-state index in [1.54, 1.807) is 0 Å². The zero-order valence-corrected chi connectivity index (χ0v) is 15.0. The van der Waals surface area contributed by atoms with Crippen LogP contribution >= 0.6 is 0 Å². The standard InChI is InChI=1S/C17H30F3N3O2/c1-14(17(18,19)20)25-16(24)23-15-10-7-5-3-2-4-6-8-12-21-22-13-9-11-15/h14-15H,2-13H2,1H3,(H,23,24)/t14-,15?/m1/s1. The second kappa shape index (κ2) is 12.1. The van der Waals surface area contributed by atoms with Gasteiger partial charge in [0, 0.05) is 6.04 Å². The average Bonchev–Trinajstić information content (AvgIpc) is 2.54. The fourth-order valence-corrected chi connectivity index (χ4v) is 2.72.